The molecule has 0 aliphatic carbocycles. The fraction of sp³-hybridized carbons (Fsp3) is 0.118. The molecule has 1 aromatic heterocycles. The first-order valence-corrected chi connectivity index (χ1v) is 8.27. The Balaban J connectivity index is 2.30. The minimum absolute atomic E-state index is 0.0821. The molecule has 7 heteroatoms. The first-order valence-electron chi connectivity index (χ1n) is 6.72. The lowest BCUT2D eigenvalue weighted by molar-refractivity contribution is 0.104. The van der Waals surface area contributed by atoms with Crippen LogP contribution in [0.4, 0.5) is 4.39 Å². The van der Waals surface area contributed by atoms with Gasteiger partial charge in [0.05, 0.1) is 23.4 Å². The fourth-order valence-corrected chi connectivity index (χ4v) is 3.23. The van der Waals surface area contributed by atoms with Crippen LogP contribution in [0.5, 0.6) is 0 Å². The molecule has 2 aromatic rings. The minimum Gasteiger partial charge on any atom is -0.289 e. The Morgan fingerprint density at radius 3 is 2.54 bits per heavy atom. The Morgan fingerprint density at radius 2 is 2.00 bits per heavy atom. The molecule has 1 aromatic carbocycles. The molecule has 0 radical (unpaired) electrons. The summed E-state index contributed by atoms with van der Waals surface area (Å²) in [6.07, 6.45) is 3.97. The van der Waals surface area contributed by atoms with Crippen molar-refractivity contribution < 1.29 is 9.18 Å². The van der Waals surface area contributed by atoms with Crippen LogP contribution in [0.25, 0.3) is 0 Å². The molecule has 0 amide bonds. The summed E-state index contributed by atoms with van der Waals surface area (Å²) in [6, 6.07) is 4.99. The Labute approximate surface area is 156 Å². The summed E-state index contributed by atoms with van der Waals surface area (Å²) in [7, 11) is 0. The van der Waals surface area contributed by atoms with Gasteiger partial charge in [0, 0.05) is 20.7 Å². The zero-order valence-corrected chi connectivity index (χ0v) is 15.5. The summed E-state index contributed by atoms with van der Waals surface area (Å²) in [5, 5.41) is 9.57. The lowest BCUT2D eigenvalue weighted by Gasteiger charge is -2.08. The number of aromatic nitrogens is 1. The third-order valence-electron chi connectivity index (χ3n) is 3.20. The van der Waals surface area contributed by atoms with Gasteiger partial charge in [-0.25, -0.2) is 4.39 Å². The second-order valence-electron chi connectivity index (χ2n) is 5.04. The van der Waals surface area contributed by atoms with Gasteiger partial charge < -0.3 is 0 Å². The van der Waals surface area contributed by atoms with Crippen LogP contribution in [0.3, 0.4) is 0 Å². The molecule has 0 saturated heterocycles. The van der Waals surface area contributed by atoms with Crippen molar-refractivity contribution in [3.63, 3.8) is 0 Å². The van der Waals surface area contributed by atoms with E-state index in [4.69, 9.17) is 28.5 Å². The fourth-order valence-electron chi connectivity index (χ4n) is 2.11. The molecule has 0 saturated carbocycles. The van der Waals surface area contributed by atoms with Crippen molar-refractivity contribution in [3.05, 3.63) is 73.2 Å². The van der Waals surface area contributed by atoms with E-state index in [0.29, 0.717) is 33.2 Å². The van der Waals surface area contributed by atoms with E-state index in [1.165, 1.54) is 24.4 Å². The lowest BCUT2D eigenvalue weighted by atomic mass is 10.0. The van der Waals surface area contributed by atoms with Crippen molar-refractivity contribution in [1.82, 2.24) is 4.98 Å². The average molecular weight is 428 g/mol. The van der Waals surface area contributed by atoms with E-state index >= 15 is 0 Å². The highest BCUT2D eigenvalue weighted by Crippen LogP contribution is 2.29. The molecule has 0 bridgehead atoms. The van der Waals surface area contributed by atoms with Crippen LogP contribution >= 0.6 is 39.1 Å². The van der Waals surface area contributed by atoms with Gasteiger partial charge in [0.15, 0.2) is 11.6 Å². The first kappa shape index (κ1) is 18.6. The molecule has 122 valence electrons. The molecule has 0 N–H and O–H groups in total. The normalized spacial score (nSPS) is 11.2. The van der Waals surface area contributed by atoms with Crippen LogP contribution in [0, 0.1) is 17.1 Å². The van der Waals surface area contributed by atoms with Crippen LogP contribution in [0.1, 0.15) is 28.4 Å². The zero-order valence-electron chi connectivity index (χ0n) is 12.4. The molecule has 0 atom stereocenters. The highest BCUT2D eigenvalue weighted by molar-refractivity contribution is 9.10. The highest BCUT2D eigenvalue weighted by atomic mass is 79.9. The van der Waals surface area contributed by atoms with Crippen molar-refractivity contribution in [1.29, 1.82) is 5.26 Å². The largest absolute Gasteiger partial charge is 0.289 e. The number of hydrogen-bond acceptors (Lipinski definition) is 3. The second-order valence-corrected chi connectivity index (χ2v) is 6.71. The molecule has 0 spiro atoms. The Bertz CT molecular complexity index is 847. The number of allylic oxidation sites excluding steroid dienone is 2. The maximum atomic E-state index is 13.8. The third-order valence-corrected chi connectivity index (χ3v) is 4.48. The molecule has 0 aliphatic rings. The summed E-state index contributed by atoms with van der Waals surface area (Å²) < 4.78 is 14.1. The molecule has 2 rings (SSSR count). The van der Waals surface area contributed by atoms with Gasteiger partial charge in [-0.1, -0.05) is 28.8 Å². The van der Waals surface area contributed by atoms with Gasteiger partial charge in [-0.05, 0) is 53.0 Å². The molecular formula is C17H10BrCl2FN2O. The molecule has 0 aliphatic heterocycles. The molecule has 3 nitrogen and oxygen atoms in total. The summed E-state index contributed by atoms with van der Waals surface area (Å²) in [4.78, 5) is 15.9. The number of rotatable bonds is 4. The maximum Gasteiger partial charge on any atom is 0.189 e. The van der Waals surface area contributed by atoms with E-state index in [9.17, 15) is 9.18 Å². The first-order chi connectivity index (χ1) is 11.3. The number of nitrogens with zero attached hydrogens (tertiary/aromatic N) is 2. The number of halogens is 4. The predicted molar refractivity (Wildman–Crippen MR) is 94.9 cm³/mol. The average Bonchev–Trinajstić information content (AvgIpc) is 2.50. The Kier molecular flexibility index (Phi) is 6.11. The van der Waals surface area contributed by atoms with Gasteiger partial charge in [-0.2, -0.15) is 5.26 Å². The lowest BCUT2D eigenvalue weighted by Crippen LogP contribution is -2.03. The van der Waals surface area contributed by atoms with Crippen LogP contribution < -0.4 is 0 Å². The number of hydrogen-bond donors (Lipinski definition) is 0. The van der Waals surface area contributed by atoms with Crippen molar-refractivity contribution >= 4 is 44.9 Å². The summed E-state index contributed by atoms with van der Waals surface area (Å²) >= 11 is 15.4. The Morgan fingerprint density at radius 1 is 1.38 bits per heavy atom. The number of ketones is 1. The van der Waals surface area contributed by atoms with Crippen LogP contribution in [-0.2, 0) is 6.42 Å². The van der Waals surface area contributed by atoms with Crippen LogP contribution in [-0.4, -0.2) is 10.8 Å². The van der Waals surface area contributed by atoms with Gasteiger partial charge in [0.2, 0.25) is 0 Å². The summed E-state index contributed by atoms with van der Waals surface area (Å²) in [6.45, 7) is 1.72. The SMILES string of the molecule is C/C(=C\C(=O)c1c(F)cncc1Br)Cc1c(Cl)cc(C#N)cc1Cl. The van der Waals surface area contributed by atoms with E-state index in [-0.39, 0.29) is 10.0 Å². The number of carbonyl (C=O) groups excluding carboxylic acids is 1. The van der Waals surface area contributed by atoms with Crippen molar-refractivity contribution in [3.8, 4) is 6.07 Å². The number of nitriles is 1. The van der Waals surface area contributed by atoms with Gasteiger partial charge in [0.25, 0.3) is 0 Å². The summed E-state index contributed by atoms with van der Waals surface area (Å²) in [5.41, 5.74) is 1.53. The predicted octanol–water partition coefficient (Wildman–Crippen LogP) is 5.53. The van der Waals surface area contributed by atoms with Gasteiger partial charge in [-0.3, -0.25) is 9.78 Å². The topological polar surface area (TPSA) is 53.8 Å². The molecule has 1 heterocycles. The highest BCUT2D eigenvalue weighted by Gasteiger charge is 2.15. The number of carbonyl (C=O) groups is 1. The number of benzene rings is 1. The van der Waals surface area contributed by atoms with Gasteiger partial charge in [0.1, 0.15) is 0 Å². The van der Waals surface area contributed by atoms with Gasteiger partial charge in [-0.15, -0.1) is 0 Å². The molecule has 24 heavy (non-hydrogen) atoms. The van der Waals surface area contributed by atoms with Crippen molar-refractivity contribution in [2.45, 2.75) is 13.3 Å². The Hall–Kier alpha value is -1.74. The van der Waals surface area contributed by atoms with Crippen LogP contribution in [0.2, 0.25) is 10.0 Å². The van der Waals surface area contributed by atoms with E-state index < -0.39 is 11.6 Å². The van der Waals surface area contributed by atoms with E-state index in [1.54, 1.807) is 6.92 Å². The maximum absolute atomic E-state index is 13.8. The minimum atomic E-state index is -0.701. The van der Waals surface area contributed by atoms with Gasteiger partial charge >= 0.3 is 0 Å². The van der Waals surface area contributed by atoms with Crippen LogP contribution in [0.15, 0.2) is 40.6 Å². The van der Waals surface area contributed by atoms with E-state index in [1.807, 2.05) is 6.07 Å². The third kappa shape index (κ3) is 4.21. The van der Waals surface area contributed by atoms with E-state index in [2.05, 4.69) is 20.9 Å². The quantitative estimate of drug-likeness (QED) is 0.475. The summed E-state index contributed by atoms with van der Waals surface area (Å²) in [5.74, 6) is -1.19. The van der Waals surface area contributed by atoms with Crippen molar-refractivity contribution in [2.24, 2.45) is 0 Å². The molecule has 0 fully saturated rings. The second kappa shape index (κ2) is 7.89. The standard InChI is InChI=1S/C17H10BrCl2FN2O/c1-9(2-11-13(19)4-10(6-22)5-14(11)20)3-16(24)17-12(18)7-23-8-15(17)21/h3-5,7-8H,2H2,1H3/b9-3+. The van der Waals surface area contributed by atoms with Crippen molar-refractivity contribution in [2.75, 3.05) is 0 Å². The molecular weight excluding hydrogens is 418 g/mol. The monoisotopic (exact) mass is 426 g/mol. The molecule has 0 unspecified atom stereocenters. The van der Waals surface area contributed by atoms with E-state index in [0.717, 1.165) is 6.20 Å². The zero-order chi connectivity index (χ0) is 17.9. The smallest absolute Gasteiger partial charge is 0.189 e. The number of pyridine rings is 1.